The highest BCUT2D eigenvalue weighted by Crippen LogP contribution is 2.29. The van der Waals surface area contributed by atoms with Gasteiger partial charge in [-0.2, -0.15) is 0 Å². The molecular formula is C21H32O5. The minimum Gasteiger partial charge on any atom is -0.465 e. The average molecular weight is 364 g/mol. The summed E-state index contributed by atoms with van der Waals surface area (Å²) in [7, 11) is 2.62. The molecule has 1 aromatic rings. The van der Waals surface area contributed by atoms with Gasteiger partial charge in [-0.3, -0.25) is 0 Å². The van der Waals surface area contributed by atoms with Gasteiger partial charge in [-0.15, -0.1) is 0 Å². The van der Waals surface area contributed by atoms with Crippen LogP contribution in [0.1, 0.15) is 89.8 Å². The van der Waals surface area contributed by atoms with Crippen LogP contribution >= 0.6 is 0 Å². The summed E-state index contributed by atoms with van der Waals surface area (Å²) in [6, 6.07) is 1.86. The quantitative estimate of drug-likeness (QED) is 0.470. The molecule has 0 amide bonds. The van der Waals surface area contributed by atoms with Crippen molar-refractivity contribution in [3.8, 4) is 0 Å². The number of benzene rings is 1. The third kappa shape index (κ3) is 5.56. The lowest BCUT2D eigenvalue weighted by Gasteiger charge is -2.19. The molecule has 0 saturated carbocycles. The van der Waals surface area contributed by atoms with E-state index in [0.29, 0.717) is 29.5 Å². The number of ether oxygens (including phenoxy) is 2. The Morgan fingerprint density at radius 1 is 0.846 bits per heavy atom. The Bertz CT molecular complexity index is 607. The number of unbranched alkanes of at least 4 members (excludes halogenated alkanes) is 4. The van der Waals surface area contributed by atoms with Crippen LogP contribution in [0.15, 0.2) is 6.07 Å². The Morgan fingerprint density at radius 2 is 1.38 bits per heavy atom. The molecule has 0 aliphatic heterocycles. The lowest BCUT2D eigenvalue weighted by molar-refractivity contribution is 0.0552. The van der Waals surface area contributed by atoms with Gasteiger partial charge in [0.1, 0.15) is 0 Å². The largest absolute Gasteiger partial charge is 0.465 e. The first-order valence-corrected chi connectivity index (χ1v) is 9.50. The second-order valence-corrected chi connectivity index (χ2v) is 6.48. The van der Waals surface area contributed by atoms with Crippen molar-refractivity contribution in [2.45, 2.75) is 71.8 Å². The van der Waals surface area contributed by atoms with E-state index in [9.17, 15) is 14.7 Å². The molecule has 0 unspecified atom stereocenters. The Kier molecular flexibility index (Phi) is 9.96. The van der Waals surface area contributed by atoms with Crippen molar-refractivity contribution in [2.75, 3.05) is 14.2 Å². The number of carbonyl (C=O) groups excluding carboxylic acids is 2. The summed E-state index contributed by atoms with van der Waals surface area (Å²) in [5.41, 5.74) is 2.69. The standard InChI is InChI=1S/C21H32O5/c1-5-7-9-11-15-13-16(14-22)17(12-10-8-6-2)19(21(24)26-4)18(15)20(23)25-3/h13,22H,5-12,14H2,1-4H3. The van der Waals surface area contributed by atoms with Crippen LogP contribution in [0.2, 0.25) is 0 Å². The first kappa shape index (κ1) is 22.2. The molecule has 1 aromatic carbocycles. The van der Waals surface area contributed by atoms with Gasteiger partial charge in [-0.05, 0) is 42.4 Å². The minimum atomic E-state index is -0.552. The third-order valence-corrected chi connectivity index (χ3v) is 4.64. The molecule has 146 valence electrons. The summed E-state index contributed by atoms with van der Waals surface area (Å²) in [5, 5.41) is 9.87. The van der Waals surface area contributed by atoms with Gasteiger partial charge in [0.2, 0.25) is 0 Å². The molecule has 26 heavy (non-hydrogen) atoms. The molecule has 5 nitrogen and oxygen atoms in total. The van der Waals surface area contributed by atoms with Crippen LogP contribution in [-0.4, -0.2) is 31.3 Å². The molecule has 0 bridgehead atoms. The fourth-order valence-corrected chi connectivity index (χ4v) is 3.25. The van der Waals surface area contributed by atoms with E-state index >= 15 is 0 Å². The van der Waals surface area contributed by atoms with Gasteiger partial charge in [0.05, 0.1) is 32.0 Å². The predicted octanol–water partition coefficient (Wildman–Crippen LogP) is 4.22. The molecule has 0 aliphatic carbocycles. The smallest absolute Gasteiger partial charge is 0.339 e. The van der Waals surface area contributed by atoms with Gasteiger partial charge in [0, 0.05) is 0 Å². The molecular weight excluding hydrogens is 332 g/mol. The second-order valence-electron chi connectivity index (χ2n) is 6.48. The number of aliphatic hydroxyl groups is 1. The number of carbonyl (C=O) groups is 2. The van der Waals surface area contributed by atoms with Gasteiger partial charge in [0.15, 0.2) is 0 Å². The molecule has 0 spiro atoms. The maximum absolute atomic E-state index is 12.5. The van der Waals surface area contributed by atoms with Crippen molar-refractivity contribution < 1.29 is 24.2 Å². The average Bonchev–Trinajstić information content (AvgIpc) is 2.66. The van der Waals surface area contributed by atoms with E-state index in [1.54, 1.807) is 0 Å². The number of hydrogen-bond donors (Lipinski definition) is 1. The van der Waals surface area contributed by atoms with Crippen LogP contribution in [0.25, 0.3) is 0 Å². The summed E-state index contributed by atoms with van der Waals surface area (Å²) < 4.78 is 9.93. The van der Waals surface area contributed by atoms with Crippen LogP contribution in [0.5, 0.6) is 0 Å². The third-order valence-electron chi connectivity index (χ3n) is 4.64. The Labute approximate surface area is 156 Å². The highest BCUT2D eigenvalue weighted by atomic mass is 16.5. The zero-order valence-electron chi connectivity index (χ0n) is 16.5. The summed E-state index contributed by atoms with van der Waals surface area (Å²) in [6.07, 6.45) is 7.20. The first-order chi connectivity index (χ1) is 12.5. The van der Waals surface area contributed by atoms with Crippen LogP contribution < -0.4 is 0 Å². The number of methoxy groups -OCH3 is 2. The molecule has 0 aliphatic rings. The highest BCUT2D eigenvalue weighted by Gasteiger charge is 2.27. The van der Waals surface area contributed by atoms with Crippen molar-refractivity contribution in [3.05, 3.63) is 33.9 Å². The maximum atomic E-state index is 12.5. The van der Waals surface area contributed by atoms with Crippen LogP contribution in [0.4, 0.5) is 0 Å². The molecule has 5 heteroatoms. The Balaban J connectivity index is 3.56. The fourth-order valence-electron chi connectivity index (χ4n) is 3.25. The second kappa shape index (κ2) is 11.7. The minimum absolute atomic E-state index is 0.173. The van der Waals surface area contributed by atoms with Gasteiger partial charge >= 0.3 is 11.9 Å². The van der Waals surface area contributed by atoms with Crippen molar-refractivity contribution in [3.63, 3.8) is 0 Å². The molecule has 0 heterocycles. The van der Waals surface area contributed by atoms with Crippen molar-refractivity contribution >= 4 is 11.9 Å². The van der Waals surface area contributed by atoms with Crippen LogP contribution in [-0.2, 0) is 28.9 Å². The van der Waals surface area contributed by atoms with Crippen molar-refractivity contribution in [1.29, 1.82) is 0 Å². The zero-order valence-corrected chi connectivity index (χ0v) is 16.5. The summed E-state index contributed by atoms with van der Waals surface area (Å²) in [4.78, 5) is 25.0. The van der Waals surface area contributed by atoms with Gasteiger partial charge in [0.25, 0.3) is 0 Å². The molecule has 0 aromatic heterocycles. The fraction of sp³-hybridized carbons (Fsp3) is 0.619. The molecule has 1 rings (SSSR count). The van der Waals surface area contributed by atoms with Gasteiger partial charge < -0.3 is 14.6 Å². The zero-order chi connectivity index (χ0) is 19.5. The molecule has 0 radical (unpaired) electrons. The first-order valence-electron chi connectivity index (χ1n) is 9.50. The normalized spacial score (nSPS) is 10.7. The summed E-state index contributed by atoms with van der Waals surface area (Å²) in [6.45, 7) is 4.04. The Morgan fingerprint density at radius 3 is 1.88 bits per heavy atom. The van der Waals surface area contributed by atoms with E-state index < -0.39 is 11.9 Å². The summed E-state index contributed by atoms with van der Waals surface area (Å²) in [5.74, 6) is -1.08. The molecule has 0 atom stereocenters. The number of esters is 2. The Hall–Kier alpha value is -1.88. The summed E-state index contributed by atoms with van der Waals surface area (Å²) >= 11 is 0. The van der Waals surface area contributed by atoms with Crippen molar-refractivity contribution in [1.82, 2.24) is 0 Å². The highest BCUT2D eigenvalue weighted by molar-refractivity contribution is 6.05. The number of aliphatic hydroxyl groups excluding tert-OH is 1. The monoisotopic (exact) mass is 364 g/mol. The van der Waals surface area contributed by atoms with Crippen LogP contribution in [0, 0.1) is 0 Å². The van der Waals surface area contributed by atoms with Crippen LogP contribution in [0.3, 0.4) is 0 Å². The number of hydrogen-bond acceptors (Lipinski definition) is 5. The lowest BCUT2D eigenvalue weighted by Crippen LogP contribution is -2.19. The SMILES string of the molecule is CCCCCc1cc(CO)c(CCCCC)c(C(=O)OC)c1C(=O)OC. The van der Waals surface area contributed by atoms with E-state index in [4.69, 9.17) is 9.47 Å². The molecule has 1 N–H and O–H groups in total. The molecule has 0 saturated heterocycles. The van der Waals surface area contributed by atoms with E-state index in [1.807, 2.05) is 6.07 Å². The van der Waals surface area contributed by atoms with Gasteiger partial charge in [-0.25, -0.2) is 9.59 Å². The van der Waals surface area contributed by atoms with E-state index in [2.05, 4.69) is 13.8 Å². The maximum Gasteiger partial charge on any atom is 0.339 e. The molecule has 0 fully saturated rings. The number of aryl methyl sites for hydroxylation is 1. The van der Waals surface area contributed by atoms with E-state index in [0.717, 1.165) is 44.1 Å². The number of rotatable bonds is 11. The van der Waals surface area contributed by atoms with Gasteiger partial charge in [-0.1, -0.05) is 45.6 Å². The van der Waals surface area contributed by atoms with E-state index in [1.165, 1.54) is 14.2 Å². The van der Waals surface area contributed by atoms with Crippen molar-refractivity contribution in [2.24, 2.45) is 0 Å². The lowest BCUT2D eigenvalue weighted by atomic mass is 9.87. The topological polar surface area (TPSA) is 72.8 Å². The van der Waals surface area contributed by atoms with E-state index in [-0.39, 0.29) is 12.2 Å². The predicted molar refractivity (Wildman–Crippen MR) is 102 cm³/mol.